The Labute approximate surface area is 139 Å². The van der Waals surface area contributed by atoms with Crippen LogP contribution in [-0.2, 0) is 14.3 Å². The van der Waals surface area contributed by atoms with Crippen LogP contribution < -0.4 is 15.6 Å². The van der Waals surface area contributed by atoms with Crippen molar-refractivity contribution < 1.29 is 33.8 Å². The molecule has 1 amide bonds. The van der Waals surface area contributed by atoms with Crippen molar-refractivity contribution in [2.24, 2.45) is 5.73 Å². The summed E-state index contributed by atoms with van der Waals surface area (Å²) in [6.07, 6.45) is -1.31. The summed E-state index contributed by atoms with van der Waals surface area (Å²) in [6, 6.07) is 2.60. The second-order valence-corrected chi connectivity index (χ2v) is 5.59. The van der Waals surface area contributed by atoms with Gasteiger partial charge in [0.1, 0.15) is 30.4 Å². The van der Waals surface area contributed by atoms with E-state index in [-0.39, 0.29) is 12.2 Å². The Morgan fingerprint density at radius 1 is 1.46 bits per heavy atom. The molecule has 9 nitrogen and oxygen atoms in total. The van der Waals surface area contributed by atoms with Crippen LogP contribution in [0.5, 0.6) is 0 Å². The quantitative estimate of drug-likeness (QED) is 0.342. The zero-order chi connectivity index (χ0) is 17.9. The highest BCUT2D eigenvalue weighted by atomic mass is 16.6. The Kier molecular flexibility index (Phi) is 5.84. The van der Waals surface area contributed by atoms with Crippen molar-refractivity contribution >= 4 is 11.9 Å². The van der Waals surface area contributed by atoms with Gasteiger partial charge < -0.3 is 30.7 Å². The average molecular weight is 340 g/mol. The van der Waals surface area contributed by atoms with E-state index in [1.807, 2.05) is 0 Å². The zero-order valence-electron chi connectivity index (χ0n) is 13.5. The number of rotatable bonds is 6. The largest absolute Gasteiger partial charge is 0.462 e. The maximum Gasteiger partial charge on any atom is 0.322 e. The zero-order valence-corrected chi connectivity index (χ0v) is 13.5. The van der Waals surface area contributed by atoms with Gasteiger partial charge in [0.25, 0.3) is 12.1 Å². The lowest BCUT2D eigenvalue weighted by molar-refractivity contribution is -0.765. The number of nitrogens with zero attached hydrogens (tertiary/aromatic N) is 1. The first-order valence-electron chi connectivity index (χ1n) is 7.51. The molecule has 132 valence electrons. The number of aliphatic hydroxyl groups excluding tert-OH is 2. The molecule has 1 saturated heterocycles. The summed E-state index contributed by atoms with van der Waals surface area (Å²) in [5.74, 6) is -1.11. The monoisotopic (exact) mass is 340 g/mol. The highest BCUT2D eigenvalue weighted by molar-refractivity contribution is 5.92. The molecule has 1 aromatic heterocycles. The van der Waals surface area contributed by atoms with Crippen molar-refractivity contribution in [2.75, 3.05) is 13.7 Å². The third kappa shape index (κ3) is 3.88. The number of carbonyl (C=O) groups excluding carboxylic acids is 2. The topological polar surface area (TPSA) is 135 Å². The van der Waals surface area contributed by atoms with E-state index in [9.17, 15) is 19.8 Å². The lowest BCUT2D eigenvalue weighted by Gasteiger charge is -2.15. The van der Waals surface area contributed by atoms with E-state index in [1.54, 1.807) is 26.2 Å². The molecular weight excluding hydrogens is 318 g/mol. The van der Waals surface area contributed by atoms with Gasteiger partial charge in [0.05, 0.1) is 0 Å². The van der Waals surface area contributed by atoms with Gasteiger partial charge in [0.15, 0.2) is 18.5 Å². The smallest absolute Gasteiger partial charge is 0.322 e. The highest BCUT2D eigenvalue weighted by Crippen LogP contribution is 2.25. The Hall–Kier alpha value is -2.07. The fourth-order valence-electron chi connectivity index (χ4n) is 2.32. The molecule has 0 bridgehead atoms. The summed E-state index contributed by atoms with van der Waals surface area (Å²) in [6.45, 7) is 1.44. The molecule has 0 saturated carbocycles. The van der Waals surface area contributed by atoms with Crippen LogP contribution in [0.1, 0.15) is 23.5 Å². The van der Waals surface area contributed by atoms with Crippen LogP contribution in [0.2, 0.25) is 0 Å². The first-order valence-corrected chi connectivity index (χ1v) is 7.51. The van der Waals surface area contributed by atoms with E-state index in [4.69, 9.17) is 15.2 Å². The fourth-order valence-corrected chi connectivity index (χ4v) is 2.32. The van der Waals surface area contributed by atoms with Gasteiger partial charge in [0, 0.05) is 6.07 Å². The van der Waals surface area contributed by atoms with Crippen molar-refractivity contribution in [3.05, 3.63) is 30.1 Å². The second kappa shape index (κ2) is 7.67. The highest BCUT2D eigenvalue weighted by Gasteiger charge is 2.48. The number of esters is 1. The molecule has 0 radical (unpaired) electrons. The number of aliphatic hydroxyl groups is 2. The van der Waals surface area contributed by atoms with E-state index in [1.165, 1.54) is 16.8 Å². The van der Waals surface area contributed by atoms with Crippen LogP contribution in [0.4, 0.5) is 0 Å². The number of amides is 1. The van der Waals surface area contributed by atoms with Gasteiger partial charge in [0.2, 0.25) is 0 Å². The number of nitrogens with two attached hydrogens (primary N) is 1. The standard InChI is InChI=1S/C15H21N3O6/c1-8(17-2)15(22)23-7-10-11(19)12(20)14(24-10)18-5-3-4-9(6-18)13(16)21/h3-6,8,10-12,14,17,19-20H,7H2,1-2H3,(H-,16,21)/p+1/t8-,10+,11+,12+,14+/m0/s1. The molecule has 0 unspecified atom stereocenters. The number of nitrogens with one attached hydrogen (secondary N) is 1. The first kappa shape index (κ1) is 18.3. The molecule has 0 aromatic carbocycles. The number of pyridine rings is 1. The molecule has 24 heavy (non-hydrogen) atoms. The van der Waals surface area contributed by atoms with E-state index < -0.39 is 42.5 Å². The van der Waals surface area contributed by atoms with E-state index in [0.717, 1.165) is 0 Å². The summed E-state index contributed by atoms with van der Waals surface area (Å²) in [5, 5.41) is 23.0. The SMILES string of the molecule is CN[C@@H](C)C(=O)OC[C@H]1O[C@@H]([n+]2cccc(C(N)=O)c2)[C@H](O)[C@@H]1O. The molecule has 1 aliphatic heterocycles. The van der Waals surface area contributed by atoms with Crippen molar-refractivity contribution in [3.8, 4) is 0 Å². The molecule has 1 aromatic rings. The molecule has 9 heteroatoms. The maximum absolute atomic E-state index is 11.6. The van der Waals surface area contributed by atoms with E-state index in [0.29, 0.717) is 0 Å². The molecule has 0 aliphatic carbocycles. The lowest BCUT2D eigenvalue weighted by atomic mass is 10.1. The van der Waals surface area contributed by atoms with Crippen molar-refractivity contribution in [2.45, 2.75) is 37.5 Å². The van der Waals surface area contributed by atoms with Gasteiger partial charge in [-0.05, 0) is 20.0 Å². The molecule has 2 rings (SSSR count). The molecular formula is C15H22N3O6+. The maximum atomic E-state index is 11.6. The summed E-state index contributed by atoms with van der Waals surface area (Å²) in [5.41, 5.74) is 5.46. The van der Waals surface area contributed by atoms with Crippen LogP contribution in [0, 0.1) is 0 Å². The Morgan fingerprint density at radius 3 is 2.79 bits per heavy atom. The minimum absolute atomic E-state index is 0.199. The van der Waals surface area contributed by atoms with Crippen LogP contribution in [0.15, 0.2) is 24.5 Å². The molecule has 5 N–H and O–H groups in total. The number of ether oxygens (including phenoxy) is 2. The van der Waals surface area contributed by atoms with Crippen LogP contribution in [-0.4, -0.2) is 60.1 Å². The third-order valence-corrected chi connectivity index (χ3v) is 3.91. The summed E-state index contributed by atoms with van der Waals surface area (Å²) >= 11 is 0. The second-order valence-electron chi connectivity index (χ2n) is 5.59. The number of carbonyl (C=O) groups is 2. The van der Waals surface area contributed by atoms with Crippen molar-refractivity contribution in [1.29, 1.82) is 0 Å². The summed E-state index contributed by atoms with van der Waals surface area (Å²) < 4.78 is 12.1. The van der Waals surface area contributed by atoms with Gasteiger partial charge in [-0.1, -0.05) is 0 Å². The predicted molar refractivity (Wildman–Crippen MR) is 80.6 cm³/mol. The molecule has 5 atom stereocenters. The van der Waals surface area contributed by atoms with Crippen LogP contribution >= 0.6 is 0 Å². The Balaban J connectivity index is 2.05. The Bertz CT molecular complexity index is 611. The van der Waals surface area contributed by atoms with Gasteiger partial charge in [-0.3, -0.25) is 9.59 Å². The minimum atomic E-state index is -1.25. The predicted octanol–water partition coefficient (Wildman–Crippen LogP) is -2.16. The number of primary amides is 1. The lowest BCUT2D eigenvalue weighted by Crippen LogP contribution is -2.46. The van der Waals surface area contributed by atoms with Crippen LogP contribution in [0.25, 0.3) is 0 Å². The summed E-state index contributed by atoms with van der Waals surface area (Å²) in [4.78, 5) is 22.9. The van der Waals surface area contributed by atoms with Gasteiger partial charge in [-0.2, -0.15) is 4.57 Å². The molecule has 1 aliphatic rings. The summed E-state index contributed by atoms with van der Waals surface area (Å²) in [7, 11) is 1.62. The third-order valence-electron chi connectivity index (χ3n) is 3.91. The normalized spacial score (nSPS) is 27.7. The van der Waals surface area contributed by atoms with Crippen LogP contribution in [0.3, 0.4) is 0 Å². The Morgan fingerprint density at radius 2 is 2.17 bits per heavy atom. The fraction of sp³-hybridized carbons (Fsp3) is 0.533. The van der Waals surface area contributed by atoms with Crippen molar-refractivity contribution in [1.82, 2.24) is 5.32 Å². The molecule has 2 heterocycles. The number of hydrogen-bond donors (Lipinski definition) is 4. The van der Waals surface area contributed by atoms with Gasteiger partial charge >= 0.3 is 5.97 Å². The van der Waals surface area contributed by atoms with Gasteiger partial charge in [-0.15, -0.1) is 0 Å². The minimum Gasteiger partial charge on any atom is -0.462 e. The number of aromatic nitrogens is 1. The van der Waals surface area contributed by atoms with E-state index in [2.05, 4.69) is 5.32 Å². The first-order chi connectivity index (χ1) is 11.3. The van der Waals surface area contributed by atoms with Crippen molar-refractivity contribution in [3.63, 3.8) is 0 Å². The van der Waals surface area contributed by atoms with E-state index >= 15 is 0 Å². The number of likely N-dealkylation sites (N-methyl/N-ethyl adjacent to an activating group) is 1. The number of hydrogen-bond acceptors (Lipinski definition) is 7. The molecule has 0 spiro atoms. The molecule has 1 fully saturated rings. The average Bonchev–Trinajstić information content (AvgIpc) is 2.87. The van der Waals surface area contributed by atoms with Gasteiger partial charge in [-0.25, -0.2) is 0 Å².